The zero-order valence-corrected chi connectivity index (χ0v) is 19.6. The number of rotatable bonds is 9. The van der Waals surface area contributed by atoms with Crippen LogP contribution in [0.5, 0.6) is 11.5 Å². The molecular formula is C25H26Cl2N2O4. The van der Waals surface area contributed by atoms with E-state index in [1.54, 1.807) is 53.4 Å². The summed E-state index contributed by atoms with van der Waals surface area (Å²) in [7, 11) is 0. The number of amides is 2. The van der Waals surface area contributed by atoms with Crippen molar-refractivity contribution in [3.8, 4) is 23.8 Å². The third-order valence-corrected chi connectivity index (χ3v) is 5.95. The van der Waals surface area contributed by atoms with E-state index in [1.165, 1.54) is 0 Å². The van der Waals surface area contributed by atoms with Crippen molar-refractivity contribution >= 4 is 35.0 Å². The molecule has 0 aliphatic heterocycles. The summed E-state index contributed by atoms with van der Waals surface area (Å²) in [6.07, 6.45) is 8.51. The maximum Gasteiger partial charge on any atom is 0.261 e. The second kappa shape index (κ2) is 12.4. The molecular weight excluding hydrogens is 463 g/mol. The SMILES string of the molecule is C#CCN(C(=O)COc1ccc(Cl)cc1)[C@H]1CC[C@H](NC(=O)COc2ccc(Cl)cc2)CC1. The molecule has 174 valence electrons. The number of terminal acetylenes is 1. The molecule has 0 heterocycles. The Morgan fingerprint density at radius 3 is 1.94 bits per heavy atom. The van der Waals surface area contributed by atoms with Crippen molar-refractivity contribution in [2.75, 3.05) is 19.8 Å². The summed E-state index contributed by atoms with van der Waals surface area (Å²) in [5, 5.41) is 4.21. The van der Waals surface area contributed by atoms with Gasteiger partial charge in [0.05, 0.1) is 6.54 Å². The Labute approximate surface area is 204 Å². The molecule has 3 rings (SSSR count). The number of hydrogen-bond donors (Lipinski definition) is 1. The van der Waals surface area contributed by atoms with Crippen molar-refractivity contribution in [1.29, 1.82) is 0 Å². The van der Waals surface area contributed by atoms with E-state index >= 15 is 0 Å². The topological polar surface area (TPSA) is 67.9 Å². The van der Waals surface area contributed by atoms with Gasteiger partial charge in [0.2, 0.25) is 0 Å². The Hall–Kier alpha value is -2.88. The van der Waals surface area contributed by atoms with Crippen molar-refractivity contribution in [2.24, 2.45) is 0 Å². The highest BCUT2D eigenvalue weighted by molar-refractivity contribution is 6.30. The summed E-state index contributed by atoms with van der Waals surface area (Å²) < 4.78 is 11.1. The molecule has 2 aromatic rings. The molecule has 0 unspecified atom stereocenters. The molecule has 1 fully saturated rings. The van der Waals surface area contributed by atoms with Crippen molar-refractivity contribution in [1.82, 2.24) is 10.2 Å². The second-order valence-corrected chi connectivity index (χ2v) is 8.66. The highest BCUT2D eigenvalue weighted by Crippen LogP contribution is 2.24. The maximum absolute atomic E-state index is 12.8. The minimum absolute atomic E-state index is 0.0147. The van der Waals surface area contributed by atoms with Gasteiger partial charge in [-0.3, -0.25) is 9.59 Å². The van der Waals surface area contributed by atoms with Crippen LogP contribution in [0.1, 0.15) is 25.7 Å². The molecule has 0 spiro atoms. The van der Waals surface area contributed by atoms with Crippen molar-refractivity contribution in [2.45, 2.75) is 37.8 Å². The fraction of sp³-hybridized carbons (Fsp3) is 0.360. The Bertz CT molecular complexity index is 965. The van der Waals surface area contributed by atoms with Crippen LogP contribution in [0, 0.1) is 12.3 Å². The van der Waals surface area contributed by atoms with Gasteiger partial charge < -0.3 is 19.7 Å². The third-order valence-electron chi connectivity index (χ3n) is 5.44. The summed E-state index contributed by atoms with van der Waals surface area (Å²) in [6.45, 7) is 0.0623. The zero-order valence-electron chi connectivity index (χ0n) is 18.1. The van der Waals surface area contributed by atoms with Crippen LogP contribution in [0.4, 0.5) is 0 Å². The van der Waals surface area contributed by atoms with Crippen LogP contribution in [0.3, 0.4) is 0 Å². The van der Waals surface area contributed by atoms with Gasteiger partial charge >= 0.3 is 0 Å². The molecule has 8 heteroatoms. The summed E-state index contributed by atoms with van der Waals surface area (Å²) in [5.41, 5.74) is 0. The monoisotopic (exact) mass is 488 g/mol. The molecule has 33 heavy (non-hydrogen) atoms. The standard InChI is InChI=1S/C25H26Cl2N2O4/c1-2-15-29(25(31)17-33-23-13-5-19(27)6-14-23)21-9-7-20(8-10-21)28-24(30)16-32-22-11-3-18(26)4-12-22/h1,3-6,11-14,20-21H,7-10,15-17H2,(H,28,30)/t20-,21-. The van der Waals surface area contributed by atoms with Crippen LogP contribution in [0.25, 0.3) is 0 Å². The first-order valence-electron chi connectivity index (χ1n) is 10.7. The van der Waals surface area contributed by atoms with E-state index in [0.717, 1.165) is 25.7 Å². The van der Waals surface area contributed by atoms with E-state index < -0.39 is 0 Å². The molecule has 0 radical (unpaired) electrons. The van der Waals surface area contributed by atoms with E-state index in [-0.39, 0.29) is 43.7 Å². The molecule has 2 aromatic carbocycles. The van der Waals surface area contributed by atoms with Crippen LogP contribution in [-0.2, 0) is 9.59 Å². The summed E-state index contributed by atoms with van der Waals surface area (Å²) in [6, 6.07) is 13.7. The first kappa shape index (κ1) is 24.8. The number of benzene rings is 2. The zero-order chi connectivity index (χ0) is 23.6. The van der Waals surface area contributed by atoms with E-state index in [2.05, 4.69) is 11.2 Å². The van der Waals surface area contributed by atoms with Crippen molar-refractivity contribution < 1.29 is 19.1 Å². The lowest BCUT2D eigenvalue weighted by Gasteiger charge is -2.36. The van der Waals surface area contributed by atoms with Gasteiger partial charge in [0, 0.05) is 22.1 Å². The number of ether oxygens (including phenoxy) is 2. The average molecular weight is 489 g/mol. The van der Waals surface area contributed by atoms with Gasteiger partial charge in [0.15, 0.2) is 13.2 Å². The van der Waals surface area contributed by atoms with Crippen LogP contribution < -0.4 is 14.8 Å². The third kappa shape index (κ3) is 7.88. The fourth-order valence-corrected chi connectivity index (χ4v) is 4.01. The van der Waals surface area contributed by atoms with Crippen LogP contribution in [0.2, 0.25) is 10.0 Å². The Kier molecular flexibility index (Phi) is 9.29. The molecule has 0 atom stereocenters. The Morgan fingerprint density at radius 1 is 0.909 bits per heavy atom. The van der Waals surface area contributed by atoms with E-state index in [0.29, 0.717) is 21.5 Å². The second-order valence-electron chi connectivity index (χ2n) is 7.78. The summed E-state index contributed by atoms with van der Waals surface area (Å²) in [5.74, 6) is 3.38. The first-order chi connectivity index (χ1) is 15.9. The van der Waals surface area contributed by atoms with Crippen LogP contribution in [-0.4, -0.2) is 48.6 Å². The smallest absolute Gasteiger partial charge is 0.261 e. The quantitative estimate of drug-likeness (QED) is 0.533. The van der Waals surface area contributed by atoms with Gasteiger partial charge in [-0.15, -0.1) is 6.42 Å². The molecule has 0 bridgehead atoms. The largest absolute Gasteiger partial charge is 0.484 e. The van der Waals surface area contributed by atoms with Crippen LogP contribution >= 0.6 is 23.2 Å². The highest BCUT2D eigenvalue weighted by Gasteiger charge is 2.29. The van der Waals surface area contributed by atoms with Gasteiger partial charge in [-0.2, -0.15) is 0 Å². The predicted octanol–water partition coefficient (Wildman–Crippen LogP) is 4.34. The highest BCUT2D eigenvalue weighted by atomic mass is 35.5. The minimum Gasteiger partial charge on any atom is -0.484 e. The number of nitrogens with one attached hydrogen (secondary N) is 1. The van der Waals surface area contributed by atoms with E-state index in [9.17, 15) is 9.59 Å². The lowest BCUT2D eigenvalue weighted by molar-refractivity contribution is -0.136. The van der Waals surface area contributed by atoms with Crippen molar-refractivity contribution in [3.63, 3.8) is 0 Å². The Balaban J connectivity index is 1.43. The van der Waals surface area contributed by atoms with Gasteiger partial charge in [-0.25, -0.2) is 0 Å². The number of carbonyl (C=O) groups excluding carboxylic acids is 2. The normalized spacial score (nSPS) is 17.5. The van der Waals surface area contributed by atoms with Gasteiger partial charge in [-0.1, -0.05) is 29.1 Å². The van der Waals surface area contributed by atoms with Crippen LogP contribution in [0.15, 0.2) is 48.5 Å². The lowest BCUT2D eigenvalue weighted by atomic mass is 9.90. The fourth-order valence-electron chi connectivity index (χ4n) is 3.76. The molecule has 1 aliphatic rings. The van der Waals surface area contributed by atoms with Crippen molar-refractivity contribution in [3.05, 3.63) is 58.6 Å². The molecule has 1 N–H and O–H groups in total. The lowest BCUT2D eigenvalue weighted by Crippen LogP contribution is -2.48. The van der Waals surface area contributed by atoms with E-state index in [1.807, 2.05) is 0 Å². The molecule has 0 aromatic heterocycles. The first-order valence-corrected chi connectivity index (χ1v) is 11.5. The number of hydrogen-bond acceptors (Lipinski definition) is 4. The van der Waals surface area contributed by atoms with E-state index in [4.69, 9.17) is 39.1 Å². The molecule has 6 nitrogen and oxygen atoms in total. The predicted molar refractivity (Wildman–Crippen MR) is 129 cm³/mol. The molecule has 1 aliphatic carbocycles. The summed E-state index contributed by atoms with van der Waals surface area (Å²) in [4.78, 5) is 26.7. The van der Waals surface area contributed by atoms with Gasteiger partial charge in [-0.05, 0) is 74.2 Å². The maximum atomic E-state index is 12.8. The molecule has 1 saturated carbocycles. The molecule has 2 amide bonds. The van der Waals surface area contributed by atoms with Gasteiger partial charge in [0.1, 0.15) is 11.5 Å². The number of nitrogens with zero attached hydrogens (tertiary/aromatic N) is 1. The number of halogens is 2. The average Bonchev–Trinajstić information content (AvgIpc) is 2.82. The Morgan fingerprint density at radius 2 is 1.42 bits per heavy atom. The number of carbonyl (C=O) groups is 2. The molecule has 0 saturated heterocycles. The minimum atomic E-state index is -0.179. The summed E-state index contributed by atoms with van der Waals surface area (Å²) >= 11 is 11.7. The van der Waals surface area contributed by atoms with Gasteiger partial charge in [0.25, 0.3) is 11.8 Å².